The van der Waals surface area contributed by atoms with Crippen molar-refractivity contribution >= 4 is 27.6 Å². The molecule has 7 heteroatoms. The van der Waals surface area contributed by atoms with Gasteiger partial charge in [-0.25, -0.2) is 4.98 Å². The number of fused-ring (bicyclic) bond motifs is 3. The minimum absolute atomic E-state index is 0.117. The number of anilines is 1. The molecule has 5 rings (SSSR count). The first-order valence-electron chi connectivity index (χ1n) is 9.83. The van der Waals surface area contributed by atoms with Crippen LogP contribution in [0.2, 0.25) is 0 Å². The maximum Gasteiger partial charge on any atom is 0.275 e. The molecule has 0 spiro atoms. The van der Waals surface area contributed by atoms with Crippen molar-refractivity contribution in [1.29, 1.82) is 0 Å². The van der Waals surface area contributed by atoms with Crippen LogP contribution >= 0.6 is 0 Å². The van der Waals surface area contributed by atoms with E-state index in [0.717, 1.165) is 54.0 Å². The summed E-state index contributed by atoms with van der Waals surface area (Å²) in [6.45, 7) is 4.23. The molecule has 0 bridgehead atoms. The molecule has 4 aromatic rings. The first-order valence-corrected chi connectivity index (χ1v) is 9.83. The number of hydrogen-bond acceptors (Lipinski definition) is 5. The van der Waals surface area contributed by atoms with E-state index >= 15 is 0 Å². The van der Waals surface area contributed by atoms with Crippen molar-refractivity contribution in [3.8, 4) is 5.75 Å². The van der Waals surface area contributed by atoms with Gasteiger partial charge in [-0.15, -0.1) is 0 Å². The van der Waals surface area contributed by atoms with Gasteiger partial charge in [0.25, 0.3) is 5.56 Å². The Hall–Kier alpha value is -3.32. The van der Waals surface area contributed by atoms with Crippen LogP contribution < -0.4 is 15.2 Å². The molecule has 1 aliphatic heterocycles. The number of ether oxygens (including phenoxy) is 1. The third-order valence-corrected chi connectivity index (χ3v) is 5.58. The molecule has 1 saturated heterocycles. The summed E-state index contributed by atoms with van der Waals surface area (Å²) in [6, 6.07) is 16.0. The Morgan fingerprint density at radius 2 is 1.76 bits per heavy atom. The lowest BCUT2D eigenvalue weighted by molar-refractivity contribution is 0.243. The van der Waals surface area contributed by atoms with E-state index < -0.39 is 0 Å². The van der Waals surface area contributed by atoms with Gasteiger partial charge in [0.1, 0.15) is 22.6 Å². The van der Waals surface area contributed by atoms with Gasteiger partial charge >= 0.3 is 0 Å². The van der Waals surface area contributed by atoms with E-state index in [1.807, 2.05) is 42.5 Å². The molecule has 1 fully saturated rings. The summed E-state index contributed by atoms with van der Waals surface area (Å²) in [5.41, 5.74) is 3.22. The molecule has 0 unspecified atom stereocenters. The van der Waals surface area contributed by atoms with E-state index in [4.69, 9.17) is 9.72 Å². The fourth-order valence-electron chi connectivity index (χ4n) is 4.09. The summed E-state index contributed by atoms with van der Waals surface area (Å²) >= 11 is 0. The van der Waals surface area contributed by atoms with Gasteiger partial charge in [0.05, 0.1) is 19.3 Å². The van der Waals surface area contributed by atoms with Crippen molar-refractivity contribution in [3.05, 3.63) is 64.7 Å². The summed E-state index contributed by atoms with van der Waals surface area (Å²) in [5, 5.41) is 0.982. The van der Waals surface area contributed by atoms with Crippen LogP contribution in [0.4, 0.5) is 5.69 Å². The molecular weight excluding hydrogens is 366 g/mol. The molecule has 1 aliphatic rings. The van der Waals surface area contributed by atoms with Crippen LogP contribution in [0, 0.1) is 0 Å². The number of para-hydroxylation sites is 3. The smallest absolute Gasteiger partial charge is 0.275 e. The number of methoxy groups -OCH3 is 1. The normalized spacial score (nSPS) is 15.3. The Balaban J connectivity index is 1.34. The second kappa shape index (κ2) is 7.25. The highest BCUT2D eigenvalue weighted by Crippen LogP contribution is 2.28. The second-order valence-electron chi connectivity index (χ2n) is 7.34. The van der Waals surface area contributed by atoms with Gasteiger partial charge in [0.15, 0.2) is 0 Å². The number of rotatable bonds is 4. The van der Waals surface area contributed by atoms with Gasteiger partial charge in [-0.1, -0.05) is 30.3 Å². The fourth-order valence-corrected chi connectivity index (χ4v) is 4.09. The fraction of sp³-hybridized carbons (Fsp3) is 0.273. The summed E-state index contributed by atoms with van der Waals surface area (Å²) in [4.78, 5) is 28.1. The number of nitrogens with one attached hydrogen (secondary N) is 2. The van der Waals surface area contributed by atoms with Gasteiger partial charge in [-0.3, -0.25) is 9.69 Å². The van der Waals surface area contributed by atoms with Crippen molar-refractivity contribution in [2.24, 2.45) is 0 Å². The Morgan fingerprint density at radius 1 is 1.00 bits per heavy atom. The van der Waals surface area contributed by atoms with Gasteiger partial charge in [-0.2, -0.15) is 0 Å². The molecule has 7 nitrogen and oxygen atoms in total. The molecule has 0 radical (unpaired) electrons. The second-order valence-corrected chi connectivity index (χ2v) is 7.34. The maximum atomic E-state index is 12.6. The van der Waals surface area contributed by atoms with Crippen molar-refractivity contribution in [2.75, 3.05) is 38.2 Å². The first-order chi connectivity index (χ1) is 14.2. The van der Waals surface area contributed by atoms with Crippen LogP contribution in [0.1, 0.15) is 5.82 Å². The Bertz CT molecular complexity index is 1220. The van der Waals surface area contributed by atoms with E-state index in [1.165, 1.54) is 0 Å². The number of aromatic nitrogens is 3. The number of aromatic amines is 2. The molecule has 0 aliphatic carbocycles. The summed E-state index contributed by atoms with van der Waals surface area (Å²) in [6.07, 6.45) is 0. The molecule has 2 aromatic heterocycles. The lowest BCUT2D eigenvalue weighted by Crippen LogP contribution is -2.46. The van der Waals surface area contributed by atoms with E-state index in [2.05, 4.69) is 25.8 Å². The largest absolute Gasteiger partial charge is 0.495 e. The lowest BCUT2D eigenvalue weighted by atomic mass is 10.2. The molecular formula is C22H23N5O2. The summed E-state index contributed by atoms with van der Waals surface area (Å²) < 4.78 is 5.49. The quantitative estimate of drug-likeness (QED) is 0.561. The highest BCUT2D eigenvalue weighted by atomic mass is 16.5. The highest BCUT2D eigenvalue weighted by Gasteiger charge is 2.20. The standard InChI is InChI=1S/C22H23N5O2/c1-29-18-9-5-4-8-17(18)27-12-10-26(11-13-27)14-19-24-20-15-6-2-3-7-16(15)23-21(20)22(28)25-19/h2-9,23H,10-14H2,1H3,(H,24,25,28). The number of benzene rings is 2. The van der Waals surface area contributed by atoms with Crippen molar-refractivity contribution < 1.29 is 4.74 Å². The van der Waals surface area contributed by atoms with Crippen molar-refractivity contribution in [1.82, 2.24) is 19.9 Å². The number of piperazine rings is 1. The minimum Gasteiger partial charge on any atom is -0.495 e. The van der Waals surface area contributed by atoms with Crippen LogP contribution in [0.5, 0.6) is 5.75 Å². The minimum atomic E-state index is -0.117. The monoisotopic (exact) mass is 389 g/mol. The van der Waals surface area contributed by atoms with Crippen LogP contribution in [0.3, 0.4) is 0 Å². The van der Waals surface area contributed by atoms with Crippen molar-refractivity contribution in [2.45, 2.75) is 6.54 Å². The number of hydrogen-bond donors (Lipinski definition) is 2. The van der Waals surface area contributed by atoms with Crippen molar-refractivity contribution in [3.63, 3.8) is 0 Å². The third kappa shape index (κ3) is 3.23. The van der Waals surface area contributed by atoms with E-state index in [-0.39, 0.29) is 5.56 Å². The van der Waals surface area contributed by atoms with E-state index in [9.17, 15) is 4.79 Å². The third-order valence-electron chi connectivity index (χ3n) is 5.58. The molecule has 29 heavy (non-hydrogen) atoms. The SMILES string of the molecule is COc1ccccc1N1CCN(Cc2nc3c([nH]c4ccccc43)c(=O)[nH]2)CC1. The highest BCUT2D eigenvalue weighted by molar-refractivity contribution is 6.04. The zero-order valence-electron chi connectivity index (χ0n) is 16.3. The zero-order chi connectivity index (χ0) is 19.8. The number of H-pyrrole nitrogens is 2. The van der Waals surface area contributed by atoms with Gasteiger partial charge in [-0.05, 0) is 18.2 Å². The summed E-state index contributed by atoms with van der Waals surface area (Å²) in [5.74, 6) is 1.61. The molecule has 2 aromatic carbocycles. The average molecular weight is 389 g/mol. The molecule has 0 amide bonds. The summed E-state index contributed by atoms with van der Waals surface area (Å²) in [7, 11) is 1.71. The van der Waals surface area contributed by atoms with Gasteiger partial charge in [0, 0.05) is 37.1 Å². The predicted octanol–water partition coefficient (Wildman–Crippen LogP) is 2.74. The van der Waals surface area contributed by atoms with Crippen LogP contribution in [-0.4, -0.2) is 53.1 Å². The van der Waals surface area contributed by atoms with Crippen LogP contribution in [-0.2, 0) is 6.54 Å². The Labute approximate surface area is 167 Å². The molecule has 3 heterocycles. The average Bonchev–Trinajstić information content (AvgIpc) is 3.14. The predicted molar refractivity (Wildman–Crippen MR) is 115 cm³/mol. The molecule has 2 N–H and O–H groups in total. The Morgan fingerprint density at radius 3 is 2.59 bits per heavy atom. The molecule has 0 atom stereocenters. The van der Waals surface area contributed by atoms with Crippen LogP contribution in [0.15, 0.2) is 53.3 Å². The van der Waals surface area contributed by atoms with Crippen LogP contribution in [0.25, 0.3) is 21.9 Å². The molecule has 0 saturated carbocycles. The number of nitrogens with zero attached hydrogens (tertiary/aromatic N) is 3. The van der Waals surface area contributed by atoms with E-state index in [1.54, 1.807) is 7.11 Å². The maximum absolute atomic E-state index is 12.6. The first kappa shape index (κ1) is 17.8. The zero-order valence-corrected chi connectivity index (χ0v) is 16.3. The topological polar surface area (TPSA) is 77.2 Å². The molecule has 148 valence electrons. The Kier molecular flexibility index (Phi) is 4.44. The van der Waals surface area contributed by atoms with Gasteiger partial charge < -0.3 is 19.6 Å². The lowest BCUT2D eigenvalue weighted by Gasteiger charge is -2.36. The van der Waals surface area contributed by atoms with Gasteiger partial charge in [0.2, 0.25) is 0 Å². The van der Waals surface area contributed by atoms with E-state index in [0.29, 0.717) is 17.9 Å².